The highest BCUT2D eigenvalue weighted by Gasteiger charge is 2.30. The maximum atomic E-state index is 12.3. The molecule has 2 aromatic heterocycles. The van der Waals surface area contributed by atoms with Crippen LogP contribution >= 0.6 is 0 Å². The molecule has 13 nitrogen and oxygen atoms in total. The van der Waals surface area contributed by atoms with E-state index in [1.54, 1.807) is 25.1 Å². The molecule has 2 unspecified atom stereocenters. The first-order chi connectivity index (χ1) is 20.3. The van der Waals surface area contributed by atoms with E-state index in [4.69, 9.17) is 15.3 Å². The Morgan fingerprint density at radius 2 is 1.35 bits per heavy atom. The Morgan fingerprint density at radius 1 is 0.767 bits per heavy atom. The number of pyridine rings is 1. The maximum Gasteiger partial charge on any atom is 0.336 e. The number of hydrogen-bond donors (Lipinski definition) is 5. The van der Waals surface area contributed by atoms with Gasteiger partial charge < -0.3 is 20.4 Å². The molecule has 0 aliphatic carbocycles. The van der Waals surface area contributed by atoms with Crippen molar-refractivity contribution in [1.82, 2.24) is 15.2 Å². The first-order valence-corrected chi connectivity index (χ1v) is 13.4. The molecule has 2 aliphatic heterocycles. The van der Waals surface area contributed by atoms with Crippen LogP contribution in [0.15, 0.2) is 62.5 Å². The number of carbonyl (C=O) groups excluding carboxylic acids is 4. The van der Waals surface area contributed by atoms with E-state index in [1.807, 2.05) is 6.92 Å². The minimum Gasteiger partial charge on any atom is -0.508 e. The number of nitrogens with zero attached hydrogens (tertiary/aromatic N) is 1. The van der Waals surface area contributed by atoms with Crippen molar-refractivity contribution in [3.8, 4) is 11.5 Å². The van der Waals surface area contributed by atoms with Gasteiger partial charge in [0.1, 0.15) is 23.1 Å². The predicted octanol–water partition coefficient (Wildman–Crippen LogP) is 1.55. The van der Waals surface area contributed by atoms with Gasteiger partial charge in [-0.1, -0.05) is 0 Å². The molecule has 43 heavy (non-hydrogen) atoms. The normalized spacial score (nSPS) is 18.2. The number of amides is 4. The number of benzene rings is 2. The van der Waals surface area contributed by atoms with E-state index < -0.39 is 23.6 Å². The van der Waals surface area contributed by atoms with Crippen LogP contribution in [0.25, 0.3) is 21.9 Å². The largest absolute Gasteiger partial charge is 0.508 e. The van der Waals surface area contributed by atoms with Gasteiger partial charge in [-0.2, -0.15) is 0 Å². The van der Waals surface area contributed by atoms with E-state index in [1.165, 1.54) is 34.9 Å². The molecule has 224 valence electrons. The Morgan fingerprint density at radius 3 is 1.98 bits per heavy atom. The third-order valence-electron chi connectivity index (χ3n) is 6.98. The quantitative estimate of drug-likeness (QED) is 0.159. The summed E-state index contributed by atoms with van der Waals surface area (Å²) in [6.45, 7) is 3.63. The number of aromatic hydroxyl groups is 2. The maximum absolute atomic E-state index is 12.3. The highest BCUT2D eigenvalue weighted by Crippen LogP contribution is 2.26. The van der Waals surface area contributed by atoms with Crippen LogP contribution in [0.4, 0.5) is 0 Å². The van der Waals surface area contributed by atoms with Gasteiger partial charge in [0.05, 0.1) is 11.6 Å². The lowest BCUT2D eigenvalue weighted by Gasteiger charge is -2.24. The lowest BCUT2D eigenvalue weighted by molar-refractivity contribution is -0.136. The van der Waals surface area contributed by atoms with Crippen LogP contribution in [0.1, 0.15) is 42.9 Å². The van der Waals surface area contributed by atoms with E-state index >= 15 is 0 Å². The second-order valence-electron chi connectivity index (χ2n) is 10.2. The fourth-order valence-corrected chi connectivity index (χ4v) is 4.78. The molecule has 0 bridgehead atoms. The number of phenols is 2. The second-order valence-corrected chi connectivity index (χ2v) is 10.2. The van der Waals surface area contributed by atoms with Crippen LogP contribution in [0, 0.1) is 13.8 Å². The SMILES string of the molecule is Cc1cc(=O)n(C2CCC(=O)NC2=O)c2cc(O)ccc12.Cc1cc(=O)oc2cc(O)ccc12.NC1CCC(=O)NC1=O. The lowest BCUT2D eigenvalue weighted by Crippen LogP contribution is -2.48. The molecule has 0 spiro atoms. The van der Waals surface area contributed by atoms with Crippen molar-refractivity contribution >= 4 is 45.5 Å². The van der Waals surface area contributed by atoms with Crippen molar-refractivity contribution in [1.29, 1.82) is 0 Å². The molecule has 6 N–H and O–H groups in total. The Kier molecular flexibility index (Phi) is 9.05. The summed E-state index contributed by atoms with van der Waals surface area (Å²) in [4.78, 5) is 67.5. The van der Waals surface area contributed by atoms with E-state index in [0.717, 1.165) is 21.9 Å². The number of aryl methyl sites for hydroxylation is 2. The number of fused-ring (bicyclic) bond motifs is 2. The predicted molar refractivity (Wildman–Crippen MR) is 155 cm³/mol. The van der Waals surface area contributed by atoms with Crippen molar-refractivity contribution < 1.29 is 33.8 Å². The van der Waals surface area contributed by atoms with Gasteiger partial charge in [0.25, 0.3) is 5.56 Å². The summed E-state index contributed by atoms with van der Waals surface area (Å²) in [7, 11) is 0. The standard InChI is InChI=1S/C15H14N2O4.C10H8O3.C5H8N2O2/c1-8-6-14(20)17(11-4-5-13(19)16-15(11)21)12-7-9(18)2-3-10(8)12;1-6-4-10(12)13-9-5-7(11)2-3-8(6)9;6-3-1-2-4(8)7-5(3)9/h2-3,6-7,11,18H,4-5H2,1H3,(H,16,19,21);2-5,11H,1H3;3H,1-2,6H2,(H,7,8,9). The summed E-state index contributed by atoms with van der Waals surface area (Å²) in [5.41, 5.74) is 7.11. The molecular weight excluding hydrogens is 560 g/mol. The van der Waals surface area contributed by atoms with Crippen molar-refractivity contribution in [3.05, 3.63) is 80.4 Å². The van der Waals surface area contributed by atoms with Crippen molar-refractivity contribution in [2.75, 3.05) is 0 Å². The first kappa shape index (κ1) is 30.7. The number of phenolic OH excluding ortho intramolecular Hbond substituents is 2. The summed E-state index contributed by atoms with van der Waals surface area (Å²) in [6.07, 6.45) is 1.31. The zero-order chi connectivity index (χ0) is 31.4. The highest BCUT2D eigenvalue weighted by molar-refractivity contribution is 6.00. The second kappa shape index (κ2) is 12.7. The van der Waals surface area contributed by atoms with Gasteiger partial charge in [-0.15, -0.1) is 0 Å². The minimum atomic E-state index is -0.736. The van der Waals surface area contributed by atoms with Crippen LogP contribution < -0.4 is 27.6 Å². The summed E-state index contributed by atoms with van der Waals surface area (Å²) in [6, 6.07) is 11.1. The number of aromatic nitrogens is 1. The summed E-state index contributed by atoms with van der Waals surface area (Å²) in [5.74, 6) is -1.27. The number of nitrogens with two attached hydrogens (primary N) is 1. The summed E-state index contributed by atoms with van der Waals surface area (Å²) in [5, 5.41) is 24.8. The molecular formula is C30H30N4O9. The molecule has 2 fully saturated rings. The fourth-order valence-electron chi connectivity index (χ4n) is 4.78. The molecule has 6 rings (SSSR count). The zero-order valence-corrected chi connectivity index (χ0v) is 23.4. The molecule has 2 aliphatic rings. The van der Waals surface area contributed by atoms with Gasteiger partial charge >= 0.3 is 5.63 Å². The number of nitrogens with one attached hydrogen (secondary N) is 2. The van der Waals surface area contributed by atoms with E-state index in [0.29, 0.717) is 23.9 Å². The van der Waals surface area contributed by atoms with Crippen molar-refractivity contribution in [2.45, 2.75) is 51.6 Å². The molecule has 2 aromatic carbocycles. The van der Waals surface area contributed by atoms with Gasteiger partial charge in [-0.05, 0) is 62.1 Å². The number of piperidine rings is 2. The minimum absolute atomic E-state index is 0.0218. The van der Waals surface area contributed by atoms with E-state index in [2.05, 4.69) is 10.6 Å². The average molecular weight is 591 g/mol. The van der Waals surface area contributed by atoms with Crippen LogP contribution in [-0.2, 0) is 19.2 Å². The molecule has 13 heteroatoms. The van der Waals surface area contributed by atoms with Crippen molar-refractivity contribution in [3.63, 3.8) is 0 Å². The molecule has 4 heterocycles. The Bertz CT molecular complexity index is 1880. The molecule has 4 amide bonds. The number of imide groups is 2. The molecule has 0 radical (unpaired) electrons. The fraction of sp³-hybridized carbons (Fsp3) is 0.267. The van der Waals surface area contributed by atoms with E-state index in [9.17, 15) is 33.9 Å². The smallest absolute Gasteiger partial charge is 0.336 e. The van der Waals surface area contributed by atoms with Crippen LogP contribution in [0.2, 0.25) is 0 Å². The summed E-state index contributed by atoms with van der Waals surface area (Å²) < 4.78 is 6.26. The van der Waals surface area contributed by atoms with Crippen molar-refractivity contribution in [2.24, 2.45) is 5.73 Å². The molecule has 4 aromatic rings. The van der Waals surface area contributed by atoms with Crippen LogP contribution in [0.5, 0.6) is 11.5 Å². The third kappa shape index (κ3) is 7.13. The van der Waals surface area contributed by atoms with Gasteiger partial charge in [-0.25, -0.2) is 4.79 Å². The average Bonchev–Trinajstić information content (AvgIpc) is 2.92. The highest BCUT2D eigenvalue weighted by atomic mass is 16.4. The number of rotatable bonds is 1. The van der Waals surface area contributed by atoms with E-state index in [-0.39, 0.29) is 47.6 Å². The van der Waals surface area contributed by atoms with Gasteiger partial charge in [0.2, 0.25) is 23.6 Å². The topological polar surface area (TPSA) is 211 Å². The van der Waals surface area contributed by atoms with Gasteiger partial charge in [0.15, 0.2) is 0 Å². The lowest BCUT2D eigenvalue weighted by atomic mass is 10.0. The molecule has 0 saturated carbocycles. The number of carbonyl (C=O) groups is 4. The third-order valence-corrected chi connectivity index (χ3v) is 6.98. The Balaban J connectivity index is 0.000000163. The Labute approximate surface area is 243 Å². The Hall–Kier alpha value is -5.30. The van der Waals surface area contributed by atoms with Gasteiger partial charge in [-0.3, -0.25) is 39.2 Å². The molecule has 2 saturated heterocycles. The summed E-state index contributed by atoms with van der Waals surface area (Å²) >= 11 is 0. The number of hydrogen-bond acceptors (Lipinski definition) is 10. The zero-order valence-electron chi connectivity index (χ0n) is 23.4. The van der Waals surface area contributed by atoms with Crippen LogP contribution in [0.3, 0.4) is 0 Å². The monoisotopic (exact) mass is 590 g/mol. The first-order valence-electron chi connectivity index (χ1n) is 13.4. The van der Waals surface area contributed by atoms with Crippen LogP contribution in [-0.4, -0.2) is 44.5 Å². The van der Waals surface area contributed by atoms with Gasteiger partial charge in [0, 0.05) is 47.9 Å². The molecule has 2 atom stereocenters.